The molecule has 2 aliphatic rings. The molecule has 1 saturated heterocycles. The van der Waals surface area contributed by atoms with Gasteiger partial charge in [-0.25, -0.2) is 13.1 Å². The molecule has 1 fully saturated rings. The number of amides is 1. The molecule has 8 nitrogen and oxygen atoms in total. The summed E-state index contributed by atoms with van der Waals surface area (Å²) in [7, 11) is -3.05. The van der Waals surface area contributed by atoms with E-state index in [4.69, 9.17) is 9.15 Å². The average Bonchev–Trinajstić information content (AvgIpc) is 3.40. The first-order valence-corrected chi connectivity index (χ1v) is 12.4. The van der Waals surface area contributed by atoms with Crippen molar-refractivity contribution in [2.45, 2.75) is 45.1 Å². The molecule has 9 heteroatoms. The number of furan rings is 1. The van der Waals surface area contributed by atoms with Crippen molar-refractivity contribution in [3.63, 3.8) is 0 Å². The lowest BCUT2D eigenvalue weighted by atomic mass is 9.96. The van der Waals surface area contributed by atoms with Gasteiger partial charge in [0.15, 0.2) is 16.4 Å². The molecule has 1 aliphatic carbocycles. The van der Waals surface area contributed by atoms with Gasteiger partial charge in [0.05, 0.1) is 23.2 Å². The van der Waals surface area contributed by atoms with Crippen molar-refractivity contribution >= 4 is 32.5 Å². The molecule has 0 bridgehead atoms. The average molecular weight is 444 g/mol. The van der Waals surface area contributed by atoms with E-state index in [0.717, 1.165) is 48.1 Å². The summed E-state index contributed by atoms with van der Waals surface area (Å²) >= 11 is 0. The Balaban J connectivity index is 1.27. The van der Waals surface area contributed by atoms with E-state index in [-0.39, 0.29) is 30.1 Å². The molecule has 2 aromatic heterocycles. The van der Waals surface area contributed by atoms with Crippen molar-refractivity contribution < 1.29 is 22.4 Å². The molecule has 1 atom stereocenters. The van der Waals surface area contributed by atoms with Crippen molar-refractivity contribution in [1.29, 1.82) is 0 Å². The summed E-state index contributed by atoms with van der Waals surface area (Å²) in [5.74, 6) is 2.04. The van der Waals surface area contributed by atoms with E-state index in [1.807, 2.05) is 25.1 Å². The Morgan fingerprint density at radius 2 is 2.13 bits per heavy atom. The summed E-state index contributed by atoms with van der Waals surface area (Å²) in [5, 5.41) is 8.26. The number of aromatic nitrogens is 2. The Hall–Kier alpha value is -2.81. The van der Waals surface area contributed by atoms with Crippen LogP contribution in [0.5, 0.6) is 5.75 Å². The summed E-state index contributed by atoms with van der Waals surface area (Å²) in [6.45, 7) is 1.66. The Kier molecular flexibility index (Phi) is 5.00. The topological polar surface area (TPSA) is 103 Å². The fraction of sp³-hybridized carbons (Fsp3) is 0.455. The summed E-state index contributed by atoms with van der Waals surface area (Å²) < 4.78 is 36.9. The highest BCUT2D eigenvalue weighted by atomic mass is 32.2. The monoisotopic (exact) mass is 443 g/mol. The normalized spacial score (nSPS) is 20.0. The van der Waals surface area contributed by atoms with Gasteiger partial charge in [0, 0.05) is 23.4 Å². The van der Waals surface area contributed by atoms with E-state index in [9.17, 15) is 13.2 Å². The largest absolute Gasteiger partial charge is 0.484 e. The number of carbonyl (C=O) groups is 1. The highest BCUT2D eigenvalue weighted by Gasteiger charge is 2.31. The first kappa shape index (κ1) is 20.1. The van der Waals surface area contributed by atoms with E-state index in [1.165, 1.54) is 5.56 Å². The summed E-state index contributed by atoms with van der Waals surface area (Å²) in [4.78, 5) is 12.5. The lowest BCUT2D eigenvalue weighted by Crippen LogP contribution is -2.23. The van der Waals surface area contributed by atoms with Crippen LogP contribution >= 0.6 is 0 Å². The van der Waals surface area contributed by atoms with Gasteiger partial charge in [-0.15, -0.1) is 0 Å². The lowest BCUT2D eigenvalue weighted by molar-refractivity contribution is -0.118. The fourth-order valence-electron chi connectivity index (χ4n) is 4.52. The zero-order valence-electron chi connectivity index (χ0n) is 17.4. The third-order valence-corrected chi connectivity index (χ3v) is 7.73. The van der Waals surface area contributed by atoms with Crippen molar-refractivity contribution in [2.24, 2.45) is 0 Å². The van der Waals surface area contributed by atoms with Crippen LogP contribution in [0.1, 0.15) is 42.3 Å². The van der Waals surface area contributed by atoms with E-state index >= 15 is 0 Å². The minimum atomic E-state index is -3.05. The van der Waals surface area contributed by atoms with Crippen LogP contribution in [0.25, 0.3) is 11.0 Å². The predicted octanol–water partition coefficient (Wildman–Crippen LogP) is 3.19. The van der Waals surface area contributed by atoms with Gasteiger partial charge >= 0.3 is 0 Å². The number of aryl methyl sites for hydroxylation is 3. The third-order valence-electron chi connectivity index (χ3n) is 5.98. The quantitative estimate of drug-likeness (QED) is 0.650. The number of fused-ring (bicyclic) bond motifs is 3. The van der Waals surface area contributed by atoms with Crippen molar-refractivity contribution in [1.82, 2.24) is 9.78 Å². The molecular formula is C22H25N3O5S. The van der Waals surface area contributed by atoms with Crippen molar-refractivity contribution in [3.05, 3.63) is 41.3 Å². The number of anilines is 1. The number of rotatable bonds is 5. The number of hydrogen-bond acceptors (Lipinski definition) is 6. The van der Waals surface area contributed by atoms with E-state index in [1.54, 1.807) is 10.7 Å². The highest BCUT2D eigenvalue weighted by molar-refractivity contribution is 7.91. The molecule has 1 aliphatic heterocycles. The Bertz CT molecular complexity index is 1260. The smallest absolute Gasteiger partial charge is 0.263 e. The molecule has 1 amide bonds. The van der Waals surface area contributed by atoms with Gasteiger partial charge in [-0.3, -0.25) is 4.79 Å². The maximum absolute atomic E-state index is 12.5. The van der Waals surface area contributed by atoms with E-state index in [2.05, 4.69) is 10.4 Å². The van der Waals surface area contributed by atoms with Crippen LogP contribution in [-0.2, 0) is 27.5 Å². The molecule has 3 aromatic rings. The zero-order valence-corrected chi connectivity index (χ0v) is 18.2. The van der Waals surface area contributed by atoms with Gasteiger partial charge in [-0.1, -0.05) is 0 Å². The number of nitrogens with one attached hydrogen (secondary N) is 1. The van der Waals surface area contributed by atoms with Crippen LogP contribution in [0.3, 0.4) is 0 Å². The number of benzene rings is 1. The van der Waals surface area contributed by atoms with Crippen LogP contribution in [-0.4, -0.2) is 42.2 Å². The van der Waals surface area contributed by atoms with Crippen molar-refractivity contribution in [2.75, 3.05) is 23.4 Å². The molecule has 164 valence electrons. The molecule has 1 aromatic carbocycles. The molecule has 31 heavy (non-hydrogen) atoms. The lowest BCUT2D eigenvalue weighted by Gasteiger charge is -2.14. The van der Waals surface area contributed by atoms with Crippen LogP contribution in [0.15, 0.2) is 28.7 Å². The van der Waals surface area contributed by atoms with E-state index in [0.29, 0.717) is 18.0 Å². The Morgan fingerprint density at radius 1 is 1.29 bits per heavy atom. The number of hydrogen-bond donors (Lipinski definition) is 1. The Labute approximate surface area is 180 Å². The highest BCUT2D eigenvalue weighted by Crippen LogP contribution is 2.34. The standard InChI is InChI=1S/C22H25N3O5S/c1-14-10-21(25(24-14)15-8-9-31(27,28)13-15)23-22(26)12-29-16-6-7-20-18(11-16)17-4-2-3-5-19(17)30-20/h6-7,10-11,15H,2-5,8-9,12-13H2,1H3,(H,23,26)/t15-/m0/s1. The van der Waals surface area contributed by atoms with Gasteiger partial charge in [0.25, 0.3) is 5.91 Å². The van der Waals surface area contributed by atoms with Crippen LogP contribution in [0.2, 0.25) is 0 Å². The summed E-state index contributed by atoms with van der Waals surface area (Å²) in [6, 6.07) is 7.12. The minimum absolute atomic E-state index is 0.0442. The number of carbonyl (C=O) groups excluding carboxylic acids is 1. The maximum atomic E-state index is 12.5. The Morgan fingerprint density at radius 3 is 2.94 bits per heavy atom. The molecule has 0 radical (unpaired) electrons. The van der Waals surface area contributed by atoms with Crippen LogP contribution < -0.4 is 10.1 Å². The van der Waals surface area contributed by atoms with Gasteiger partial charge in [0.2, 0.25) is 0 Å². The third kappa shape index (κ3) is 4.06. The molecule has 5 rings (SSSR count). The minimum Gasteiger partial charge on any atom is -0.484 e. The second-order valence-electron chi connectivity index (χ2n) is 8.38. The van der Waals surface area contributed by atoms with Gasteiger partial charge in [-0.2, -0.15) is 5.10 Å². The van der Waals surface area contributed by atoms with Crippen LogP contribution in [0, 0.1) is 6.92 Å². The predicted molar refractivity (Wildman–Crippen MR) is 116 cm³/mol. The molecular weight excluding hydrogens is 418 g/mol. The second-order valence-corrected chi connectivity index (χ2v) is 10.6. The SMILES string of the molecule is Cc1cc(NC(=O)COc2ccc3oc4c(c3c2)CCCC4)n([C@H]2CCS(=O)(=O)C2)n1. The molecule has 0 unspecified atom stereocenters. The van der Waals surface area contributed by atoms with E-state index < -0.39 is 9.84 Å². The first-order chi connectivity index (χ1) is 14.9. The van der Waals surface area contributed by atoms with Gasteiger partial charge in [0.1, 0.15) is 22.9 Å². The molecule has 1 N–H and O–H groups in total. The fourth-order valence-corrected chi connectivity index (χ4v) is 6.21. The van der Waals surface area contributed by atoms with Crippen molar-refractivity contribution in [3.8, 4) is 5.75 Å². The second kappa shape index (κ2) is 7.71. The first-order valence-electron chi connectivity index (χ1n) is 10.6. The number of nitrogens with zero attached hydrogens (tertiary/aromatic N) is 2. The van der Waals surface area contributed by atoms with Crippen LogP contribution in [0.4, 0.5) is 5.82 Å². The number of sulfone groups is 1. The maximum Gasteiger partial charge on any atom is 0.263 e. The zero-order chi connectivity index (χ0) is 21.6. The number of ether oxygens (including phenoxy) is 1. The summed E-state index contributed by atoms with van der Waals surface area (Å²) in [6.07, 6.45) is 4.78. The molecule has 0 spiro atoms. The van der Waals surface area contributed by atoms with Gasteiger partial charge < -0.3 is 14.5 Å². The molecule has 3 heterocycles. The molecule has 0 saturated carbocycles. The summed E-state index contributed by atoms with van der Waals surface area (Å²) in [5.41, 5.74) is 2.83. The van der Waals surface area contributed by atoms with Gasteiger partial charge in [-0.05, 0) is 50.8 Å².